The Hall–Kier alpha value is -1.09. The van der Waals surface area contributed by atoms with Gasteiger partial charge in [-0.1, -0.05) is 6.07 Å². The first-order chi connectivity index (χ1) is 7.27. The second kappa shape index (κ2) is 4.62. The molecular formula is C12H18N2O. The van der Waals surface area contributed by atoms with Crippen molar-refractivity contribution in [3.63, 3.8) is 0 Å². The lowest BCUT2D eigenvalue weighted by atomic mass is 9.98. The lowest BCUT2D eigenvalue weighted by Gasteiger charge is -2.23. The predicted molar refractivity (Wildman–Crippen MR) is 61.0 cm³/mol. The Labute approximate surface area is 90.1 Å². The van der Waals surface area contributed by atoms with Crippen molar-refractivity contribution in [1.29, 1.82) is 0 Å². The van der Waals surface area contributed by atoms with Crippen LogP contribution < -0.4 is 10.9 Å². The van der Waals surface area contributed by atoms with Crippen molar-refractivity contribution < 1.29 is 0 Å². The largest absolute Gasteiger partial charge is 0.317 e. The molecule has 2 rings (SSSR count). The van der Waals surface area contributed by atoms with Crippen LogP contribution >= 0.6 is 0 Å². The van der Waals surface area contributed by atoms with Crippen LogP contribution in [0.4, 0.5) is 0 Å². The zero-order chi connectivity index (χ0) is 10.7. The maximum absolute atomic E-state index is 11.8. The van der Waals surface area contributed by atoms with Gasteiger partial charge in [0.15, 0.2) is 0 Å². The molecule has 0 aromatic carbocycles. The van der Waals surface area contributed by atoms with Crippen molar-refractivity contribution in [3.8, 4) is 0 Å². The SMILES string of the molecule is Cc1cccn(CC2CCNCC2)c1=O. The lowest BCUT2D eigenvalue weighted by molar-refractivity contribution is 0.329. The van der Waals surface area contributed by atoms with Crippen LogP contribution in [-0.2, 0) is 6.54 Å². The fourth-order valence-corrected chi connectivity index (χ4v) is 2.14. The van der Waals surface area contributed by atoms with Crippen LogP contribution in [0, 0.1) is 12.8 Å². The van der Waals surface area contributed by atoms with Crippen molar-refractivity contribution in [2.45, 2.75) is 26.3 Å². The first-order valence-corrected chi connectivity index (χ1v) is 5.64. The van der Waals surface area contributed by atoms with E-state index >= 15 is 0 Å². The average molecular weight is 206 g/mol. The summed E-state index contributed by atoms with van der Waals surface area (Å²) < 4.78 is 1.85. The Morgan fingerprint density at radius 1 is 1.47 bits per heavy atom. The van der Waals surface area contributed by atoms with Crippen LogP contribution in [0.15, 0.2) is 23.1 Å². The van der Waals surface area contributed by atoms with Crippen molar-refractivity contribution in [2.75, 3.05) is 13.1 Å². The fourth-order valence-electron chi connectivity index (χ4n) is 2.14. The Morgan fingerprint density at radius 3 is 2.93 bits per heavy atom. The lowest BCUT2D eigenvalue weighted by Crippen LogP contribution is -2.32. The summed E-state index contributed by atoms with van der Waals surface area (Å²) in [5.41, 5.74) is 1.00. The number of rotatable bonds is 2. The van der Waals surface area contributed by atoms with Gasteiger partial charge in [0.25, 0.3) is 5.56 Å². The van der Waals surface area contributed by atoms with Gasteiger partial charge in [-0.2, -0.15) is 0 Å². The minimum absolute atomic E-state index is 0.163. The molecule has 0 aliphatic carbocycles. The number of piperidine rings is 1. The molecule has 1 N–H and O–H groups in total. The molecule has 0 bridgehead atoms. The van der Waals surface area contributed by atoms with E-state index in [0.29, 0.717) is 5.92 Å². The number of nitrogens with one attached hydrogen (secondary N) is 1. The highest BCUT2D eigenvalue weighted by molar-refractivity contribution is 5.07. The van der Waals surface area contributed by atoms with Crippen LogP contribution in [0.3, 0.4) is 0 Å². The molecule has 1 fully saturated rings. The molecule has 3 heteroatoms. The molecule has 2 heterocycles. The Kier molecular flexibility index (Phi) is 3.21. The molecule has 82 valence electrons. The van der Waals surface area contributed by atoms with E-state index < -0.39 is 0 Å². The van der Waals surface area contributed by atoms with Crippen LogP contribution in [0.25, 0.3) is 0 Å². The molecule has 0 saturated carbocycles. The summed E-state index contributed by atoms with van der Waals surface area (Å²) in [7, 11) is 0. The van der Waals surface area contributed by atoms with Gasteiger partial charge in [0.05, 0.1) is 0 Å². The molecule has 3 nitrogen and oxygen atoms in total. The van der Waals surface area contributed by atoms with E-state index in [4.69, 9.17) is 0 Å². The second-order valence-corrected chi connectivity index (χ2v) is 4.34. The molecule has 1 aromatic rings. The summed E-state index contributed by atoms with van der Waals surface area (Å²) in [5.74, 6) is 0.658. The van der Waals surface area contributed by atoms with E-state index in [2.05, 4.69) is 5.32 Å². The van der Waals surface area contributed by atoms with E-state index in [1.54, 1.807) is 0 Å². The smallest absolute Gasteiger partial charge is 0.253 e. The molecule has 0 unspecified atom stereocenters. The number of hydrogen-bond donors (Lipinski definition) is 1. The van der Waals surface area contributed by atoms with Gasteiger partial charge in [0.2, 0.25) is 0 Å². The summed E-state index contributed by atoms with van der Waals surface area (Å²) in [5, 5.41) is 3.34. The third-order valence-electron chi connectivity index (χ3n) is 3.12. The Bertz CT molecular complexity index is 377. The van der Waals surface area contributed by atoms with Gasteiger partial charge in [0, 0.05) is 18.3 Å². The van der Waals surface area contributed by atoms with Gasteiger partial charge in [0.1, 0.15) is 0 Å². The van der Waals surface area contributed by atoms with Crippen molar-refractivity contribution >= 4 is 0 Å². The van der Waals surface area contributed by atoms with Crippen LogP contribution in [-0.4, -0.2) is 17.7 Å². The number of hydrogen-bond acceptors (Lipinski definition) is 2. The van der Waals surface area contributed by atoms with Gasteiger partial charge in [-0.15, -0.1) is 0 Å². The van der Waals surface area contributed by atoms with Gasteiger partial charge >= 0.3 is 0 Å². The second-order valence-electron chi connectivity index (χ2n) is 4.34. The highest BCUT2D eigenvalue weighted by Gasteiger charge is 2.13. The molecule has 1 aliphatic rings. The van der Waals surface area contributed by atoms with Crippen LogP contribution in [0.5, 0.6) is 0 Å². The van der Waals surface area contributed by atoms with E-state index in [1.807, 2.05) is 29.8 Å². The summed E-state index contributed by atoms with van der Waals surface area (Å²) in [6, 6.07) is 3.83. The number of pyridine rings is 1. The Balaban J connectivity index is 2.09. The summed E-state index contributed by atoms with van der Waals surface area (Å²) in [6.45, 7) is 4.93. The molecule has 1 aromatic heterocycles. The summed E-state index contributed by atoms with van der Waals surface area (Å²) in [6.07, 6.45) is 4.26. The monoisotopic (exact) mass is 206 g/mol. The molecule has 1 saturated heterocycles. The van der Waals surface area contributed by atoms with E-state index in [1.165, 1.54) is 12.8 Å². The molecule has 0 amide bonds. The summed E-state index contributed by atoms with van der Waals surface area (Å²) >= 11 is 0. The maximum Gasteiger partial charge on any atom is 0.253 e. The van der Waals surface area contributed by atoms with Crippen molar-refractivity contribution in [2.24, 2.45) is 5.92 Å². The first-order valence-electron chi connectivity index (χ1n) is 5.64. The van der Waals surface area contributed by atoms with E-state index in [-0.39, 0.29) is 5.56 Å². The fraction of sp³-hybridized carbons (Fsp3) is 0.583. The van der Waals surface area contributed by atoms with Crippen LogP contribution in [0.2, 0.25) is 0 Å². The number of aryl methyl sites for hydroxylation is 1. The minimum Gasteiger partial charge on any atom is -0.317 e. The topological polar surface area (TPSA) is 34.0 Å². The maximum atomic E-state index is 11.8. The number of aromatic nitrogens is 1. The quantitative estimate of drug-likeness (QED) is 0.787. The Morgan fingerprint density at radius 2 is 2.20 bits per heavy atom. The zero-order valence-electron chi connectivity index (χ0n) is 9.20. The summed E-state index contributed by atoms with van der Waals surface area (Å²) in [4.78, 5) is 11.8. The highest BCUT2D eigenvalue weighted by Crippen LogP contribution is 2.13. The van der Waals surface area contributed by atoms with Crippen molar-refractivity contribution in [3.05, 3.63) is 34.2 Å². The molecule has 0 spiro atoms. The normalized spacial score (nSPS) is 17.9. The molecule has 1 aliphatic heterocycles. The van der Waals surface area contributed by atoms with Crippen molar-refractivity contribution in [1.82, 2.24) is 9.88 Å². The van der Waals surface area contributed by atoms with Gasteiger partial charge in [-0.05, 0) is 44.8 Å². The van der Waals surface area contributed by atoms with E-state index in [0.717, 1.165) is 25.2 Å². The first kappa shape index (κ1) is 10.4. The number of nitrogens with zero attached hydrogens (tertiary/aromatic N) is 1. The standard InChI is InChI=1S/C12H18N2O/c1-10-3-2-8-14(12(10)15)9-11-4-6-13-7-5-11/h2-3,8,11,13H,4-7,9H2,1H3. The molecule has 0 atom stereocenters. The third kappa shape index (κ3) is 2.48. The highest BCUT2D eigenvalue weighted by atomic mass is 16.1. The molecule has 0 radical (unpaired) electrons. The minimum atomic E-state index is 0.163. The van der Waals surface area contributed by atoms with Gasteiger partial charge in [-0.3, -0.25) is 4.79 Å². The zero-order valence-corrected chi connectivity index (χ0v) is 9.20. The average Bonchev–Trinajstić information content (AvgIpc) is 2.26. The van der Waals surface area contributed by atoms with Crippen LogP contribution in [0.1, 0.15) is 18.4 Å². The van der Waals surface area contributed by atoms with E-state index in [9.17, 15) is 4.79 Å². The molecular weight excluding hydrogens is 188 g/mol. The molecule has 15 heavy (non-hydrogen) atoms. The van der Waals surface area contributed by atoms with Gasteiger partial charge in [-0.25, -0.2) is 0 Å². The third-order valence-corrected chi connectivity index (χ3v) is 3.12. The van der Waals surface area contributed by atoms with Gasteiger partial charge < -0.3 is 9.88 Å². The predicted octanol–water partition coefficient (Wildman–Crippen LogP) is 1.16.